The number of Topliss-reactive ketones (excluding diaryl/α,β-unsaturated/α-hetero) is 1. The van der Waals surface area contributed by atoms with Crippen molar-refractivity contribution in [3.05, 3.63) is 48.4 Å². The Morgan fingerprint density at radius 3 is 2.60 bits per heavy atom. The zero-order valence-corrected chi connectivity index (χ0v) is 11.8. The van der Waals surface area contributed by atoms with Gasteiger partial charge in [0.2, 0.25) is 0 Å². The molecule has 0 atom stereocenters. The highest BCUT2D eigenvalue weighted by molar-refractivity contribution is 7.89. The summed E-state index contributed by atoms with van der Waals surface area (Å²) >= 11 is 0. The fourth-order valence-corrected chi connectivity index (χ4v) is 2.54. The van der Waals surface area contributed by atoms with E-state index in [2.05, 4.69) is 9.71 Å². The maximum atomic E-state index is 12.0. The van der Waals surface area contributed by atoms with Crippen LogP contribution in [0.3, 0.4) is 0 Å². The quantitative estimate of drug-likeness (QED) is 0.808. The third-order valence-corrected chi connectivity index (χ3v) is 4.05. The minimum atomic E-state index is -3.76. The first-order valence-electron chi connectivity index (χ1n) is 6.12. The number of imidazole rings is 1. The number of benzene rings is 1. The molecule has 0 aliphatic carbocycles. The summed E-state index contributed by atoms with van der Waals surface area (Å²) in [7, 11) is -3.76. The number of hydrogen-bond donors (Lipinski definition) is 1. The first kappa shape index (κ1) is 14.4. The lowest BCUT2D eigenvalue weighted by Crippen LogP contribution is -2.29. The highest BCUT2D eigenvalue weighted by atomic mass is 32.2. The van der Waals surface area contributed by atoms with Crippen LogP contribution in [0.15, 0.2) is 47.9 Å². The average molecular weight is 293 g/mol. The van der Waals surface area contributed by atoms with Gasteiger partial charge in [-0.15, -0.1) is 0 Å². The molecular weight excluding hydrogens is 278 g/mol. The van der Waals surface area contributed by atoms with Crippen molar-refractivity contribution in [3.63, 3.8) is 0 Å². The van der Waals surface area contributed by atoms with Crippen LogP contribution in [0.4, 0.5) is 0 Å². The Kier molecular flexibility index (Phi) is 4.31. The second kappa shape index (κ2) is 5.98. The average Bonchev–Trinajstić information content (AvgIpc) is 2.95. The molecule has 0 saturated heterocycles. The number of carbonyl (C=O) groups excluding carboxylic acids is 1. The van der Waals surface area contributed by atoms with E-state index in [4.69, 9.17) is 0 Å². The normalized spacial score (nSPS) is 11.4. The summed E-state index contributed by atoms with van der Waals surface area (Å²) < 4.78 is 27.8. The Morgan fingerprint density at radius 1 is 1.30 bits per heavy atom. The van der Waals surface area contributed by atoms with Crippen LogP contribution in [0.5, 0.6) is 0 Å². The van der Waals surface area contributed by atoms with Crippen molar-refractivity contribution in [3.8, 4) is 0 Å². The topological polar surface area (TPSA) is 81.1 Å². The molecule has 0 unspecified atom stereocenters. The molecule has 1 aromatic heterocycles. The van der Waals surface area contributed by atoms with E-state index < -0.39 is 10.0 Å². The summed E-state index contributed by atoms with van der Waals surface area (Å²) in [6.07, 6.45) is 2.86. The molecule has 2 rings (SSSR count). The van der Waals surface area contributed by atoms with Crippen LogP contribution in [0.2, 0.25) is 0 Å². The lowest BCUT2D eigenvalue weighted by Gasteiger charge is -2.03. The van der Waals surface area contributed by atoms with Crippen LogP contribution in [-0.2, 0) is 16.6 Å². The van der Waals surface area contributed by atoms with Gasteiger partial charge in [0.1, 0.15) is 0 Å². The van der Waals surface area contributed by atoms with Gasteiger partial charge in [0.25, 0.3) is 10.0 Å². The van der Waals surface area contributed by atoms with E-state index in [1.54, 1.807) is 34.9 Å². The van der Waals surface area contributed by atoms with Gasteiger partial charge in [-0.1, -0.05) is 30.3 Å². The van der Waals surface area contributed by atoms with E-state index in [1.165, 1.54) is 12.5 Å². The van der Waals surface area contributed by atoms with Gasteiger partial charge in [-0.25, -0.2) is 18.1 Å². The van der Waals surface area contributed by atoms with Crippen molar-refractivity contribution in [2.75, 3.05) is 6.54 Å². The van der Waals surface area contributed by atoms with E-state index in [0.29, 0.717) is 12.1 Å². The molecule has 0 aliphatic heterocycles. The van der Waals surface area contributed by atoms with Gasteiger partial charge in [-0.2, -0.15) is 0 Å². The first-order valence-corrected chi connectivity index (χ1v) is 7.61. The number of nitrogens with zero attached hydrogens (tertiary/aromatic N) is 2. The molecule has 1 aromatic carbocycles. The van der Waals surface area contributed by atoms with Gasteiger partial charge in [-0.3, -0.25) is 4.79 Å². The number of nitrogens with one attached hydrogen (secondary N) is 1. The van der Waals surface area contributed by atoms with Gasteiger partial charge in [0, 0.05) is 18.3 Å². The Morgan fingerprint density at radius 2 is 2.00 bits per heavy atom. The summed E-state index contributed by atoms with van der Waals surface area (Å²) in [5.41, 5.74) is 0.467. The fraction of sp³-hybridized carbons (Fsp3) is 0.231. The van der Waals surface area contributed by atoms with Gasteiger partial charge in [0.15, 0.2) is 10.8 Å². The number of aromatic nitrogens is 2. The van der Waals surface area contributed by atoms with E-state index in [9.17, 15) is 13.2 Å². The number of rotatable bonds is 6. The predicted octanol–water partition coefficient (Wildman–Crippen LogP) is 1.06. The summed E-state index contributed by atoms with van der Waals surface area (Å²) in [6, 6.07) is 8.53. The molecule has 20 heavy (non-hydrogen) atoms. The largest absolute Gasteiger partial charge is 0.336 e. The standard InChI is InChI=1S/C13H15N3O3S/c1-2-16-9-13(14-10-16)20(18,19)15-8-12(17)11-6-4-3-5-7-11/h3-7,9-10,15H,2,8H2,1H3. The fourth-order valence-electron chi connectivity index (χ4n) is 1.61. The molecule has 7 heteroatoms. The van der Waals surface area contributed by atoms with Crippen molar-refractivity contribution in [1.82, 2.24) is 14.3 Å². The smallest absolute Gasteiger partial charge is 0.259 e. The van der Waals surface area contributed by atoms with Crippen LogP contribution < -0.4 is 4.72 Å². The molecule has 0 fully saturated rings. The molecule has 1 heterocycles. The number of hydrogen-bond acceptors (Lipinski definition) is 4. The second-order valence-electron chi connectivity index (χ2n) is 4.16. The van der Waals surface area contributed by atoms with Crippen LogP contribution >= 0.6 is 0 Å². The number of carbonyl (C=O) groups is 1. The minimum Gasteiger partial charge on any atom is -0.336 e. The summed E-state index contributed by atoms with van der Waals surface area (Å²) in [5.74, 6) is -0.288. The summed E-state index contributed by atoms with van der Waals surface area (Å²) in [4.78, 5) is 15.6. The Balaban J connectivity index is 2.04. The van der Waals surface area contributed by atoms with Crippen molar-refractivity contribution < 1.29 is 13.2 Å². The third-order valence-electron chi connectivity index (χ3n) is 2.77. The lowest BCUT2D eigenvalue weighted by molar-refractivity contribution is 0.0997. The Hall–Kier alpha value is -1.99. The molecule has 1 N–H and O–H groups in total. The molecule has 0 aliphatic rings. The van der Waals surface area contributed by atoms with Crippen LogP contribution in [0.25, 0.3) is 0 Å². The molecule has 0 spiro atoms. The lowest BCUT2D eigenvalue weighted by atomic mass is 10.1. The zero-order chi connectivity index (χ0) is 14.6. The molecule has 0 saturated carbocycles. The number of sulfonamides is 1. The van der Waals surface area contributed by atoms with Crippen molar-refractivity contribution >= 4 is 15.8 Å². The monoisotopic (exact) mass is 293 g/mol. The predicted molar refractivity (Wildman–Crippen MR) is 73.9 cm³/mol. The molecular formula is C13H15N3O3S. The summed E-state index contributed by atoms with van der Waals surface area (Å²) in [5, 5.41) is -0.0831. The molecule has 2 aromatic rings. The van der Waals surface area contributed by atoms with E-state index in [-0.39, 0.29) is 17.4 Å². The van der Waals surface area contributed by atoms with Crippen molar-refractivity contribution in [2.24, 2.45) is 0 Å². The van der Waals surface area contributed by atoms with Gasteiger partial charge in [0.05, 0.1) is 12.9 Å². The van der Waals surface area contributed by atoms with Gasteiger partial charge in [-0.05, 0) is 6.92 Å². The molecule has 106 valence electrons. The van der Waals surface area contributed by atoms with E-state index in [1.807, 2.05) is 6.92 Å². The highest BCUT2D eigenvalue weighted by Crippen LogP contribution is 2.05. The maximum Gasteiger partial charge on any atom is 0.259 e. The molecule has 0 radical (unpaired) electrons. The molecule has 0 bridgehead atoms. The Bertz CT molecular complexity index is 693. The van der Waals surface area contributed by atoms with Crippen LogP contribution in [-0.4, -0.2) is 30.3 Å². The van der Waals surface area contributed by atoms with Crippen molar-refractivity contribution in [1.29, 1.82) is 0 Å². The first-order chi connectivity index (χ1) is 9.53. The number of ketones is 1. The number of aryl methyl sites for hydroxylation is 1. The SMILES string of the molecule is CCn1cnc(S(=O)(=O)NCC(=O)c2ccccc2)c1. The minimum absolute atomic E-state index is 0.0831. The van der Waals surface area contributed by atoms with Crippen molar-refractivity contribution in [2.45, 2.75) is 18.5 Å². The summed E-state index contributed by atoms with van der Waals surface area (Å²) in [6.45, 7) is 2.22. The third kappa shape index (κ3) is 3.31. The van der Waals surface area contributed by atoms with Crippen LogP contribution in [0.1, 0.15) is 17.3 Å². The van der Waals surface area contributed by atoms with Gasteiger partial charge >= 0.3 is 0 Å². The van der Waals surface area contributed by atoms with E-state index >= 15 is 0 Å². The maximum absolute atomic E-state index is 12.0. The van der Waals surface area contributed by atoms with Gasteiger partial charge < -0.3 is 4.57 Å². The van der Waals surface area contributed by atoms with E-state index in [0.717, 1.165) is 0 Å². The second-order valence-corrected chi connectivity index (χ2v) is 5.87. The van der Waals surface area contributed by atoms with Crippen LogP contribution in [0, 0.1) is 0 Å². The Labute approximate surface area is 117 Å². The molecule has 0 amide bonds. The zero-order valence-electron chi connectivity index (χ0n) is 11.0. The highest BCUT2D eigenvalue weighted by Gasteiger charge is 2.18. The molecule has 6 nitrogen and oxygen atoms in total.